The standard InChI is InChI=1S/C4H6O3.H3N/c5-4-6-2-1-3-7-4;/h1-3H2;1H3. The fourth-order valence-electron chi connectivity index (χ4n) is 0.412. The Hall–Kier alpha value is -0.770. The molecule has 8 heavy (non-hydrogen) atoms. The van der Waals surface area contributed by atoms with Crippen molar-refractivity contribution >= 4 is 6.16 Å². The number of carbonyl (C=O) groups is 1. The van der Waals surface area contributed by atoms with Crippen LogP contribution in [0.25, 0.3) is 0 Å². The van der Waals surface area contributed by atoms with Gasteiger partial charge in [0, 0.05) is 6.42 Å². The summed E-state index contributed by atoms with van der Waals surface area (Å²) in [6, 6.07) is 0. The average Bonchev–Trinajstić information content (AvgIpc) is 1.69. The molecule has 1 heterocycles. The van der Waals surface area contributed by atoms with Gasteiger partial charge in [-0.1, -0.05) is 0 Å². The maximum Gasteiger partial charge on any atom is 0.508 e. The summed E-state index contributed by atoms with van der Waals surface area (Å²) in [6.45, 7) is 1.03. The highest BCUT2D eigenvalue weighted by molar-refractivity contribution is 5.60. The fourth-order valence-corrected chi connectivity index (χ4v) is 0.412. The van der Waals surface area contributed by atoms with Crippen molar-refractivity contribution in [1.29, 1.82) is 0 Å². The monoisotopic (exact) mass is 119 g/mol. The van der Waals surface area contributed by atoms with Crippen molar-refractivity contribution in [3.8, 4) is 0 Å². The first-order chi connectivity index (χ1) is 3.39. The molecule has 0 spiro atoms. The quantitative estimate of drug-likeness (QED) is 0.476. The van der Waals surface area contributed by atoms with Crippen molar-refractivity contribution in [1.82, 2.24) is 6.15 Å². The van der Waals surface area contributed by atoms with Crippen LogP contribution in [-0.4, -0.2) is 19.4 Å². The Kier molecular flexibility index (Phi) is 2.95. The molecule has 1 fully saturated rings. The summed E-state index contributed by atoms with van der Waals surface area (Å²) < 4.78 is 8.83. The average molecular weight is 119 g/mol. The van der Waals surface area contributed by atoms with Crippen molar-refractivity contribution in [2.75, 3.05) is 13.2 Å². The van der Waals surface area contributed by atoms with E-state index >= 15 is 0 Å². The van der Waals surface area contributed by atoms with Crippen LogP contribution in [-0.2, 0) is 9.47 Å². The van der Waals surface area contributed by atoms with Gasteiger partial charge >= 0.3 is 6.16 Å². The van der Waals surface area contributed by atoms with Gasteiger partial charge < -0.3 is 15.6 Å². The predicted molar refractivity (Wildman–Crippen MR) is 26.9 cm³/mol. The summed E-state index contributed by atoms with van der Waals surface area (Å²) in [5.41, 5.74) is 0. The number of rotatable bonds is 0. The summed E-state index contributed by atoms with van der Waals surface area (Å²) in [5.74, 6) is 0. The Morgan fingerprint density at radius 3 is 2.00 bits per heavy atom. The van der Waals surface area contributed by atoms with E-state index in [2.05, 4.69) is 9.47 Å². The molecule has 0 bridgehead atoms. The van der Waals surface area contributed by atoms with Gasteiger partial charge in [-0.2, -0.15) is 0 Å². The van der Waals surface area contributed by atoms with E-state index in [1.165, 1.54) is 0 Å². The summed E-state index contributed by atoms with van der Waals surface area (Å²) >= 11 is 0. The molecule has 1 aliphatic rings. The first-order valence-electron chi connectivity index (χ1n) is 2.19. The fraction of sp³-hybridized carbons (Fsp3) is 0.750. The van der Waals surface area contributed by atoms with Crippen LogP contribution < -0.4 is 6.15 Å². The zero-order valence-electron chi connectivity index (χ0n) is 4.55. The molecule has 48 valence electrons. The van der Waals surface area contributed by atoms with Crippen LogP contribution in [0.15, 0.2) is 0 Å². The van der Waals surface area contributed by atoms with Crippen LogP contribution in [0.1, 0.15) is 6.42 Å². The SMILES string of the molecule is N.O=C1OCCCO1. The van der Waals surface area contributed by atoms with E-state index in [0.717, 1.165) is 6.42 Å². The van der Waals surface area contributed by atoms with Gasteiger partial charge in [-0.15, -0.1) is 0 Å². The van der Waals surface area contributed by atoms with E-state index < -0.39 is 6.16 Å². The van der Waals surface area contributed by atoms with Crippen LogP contribution in [0.5, 0.6) is 0 Å². The molecule has 0 aromatic carbocycles. The summed E-state index contributed by atoms with van der Waals surface area (Å²) in [4.78, 5) is 10.0. The lowest BCUT2D eigenvalue weighted by Gasteiger charge is -2.09. The van der Waals surface area contributed by atoms with Crippen molar-refractivity contribution in [2.24, 2.45) is 0 Å². The second kappa shape index (κ2) is 3.26. The zero-order valence-corrected chi connectivity index (χ0v) is 4.55. The van der Waals surface area contributed by atoms with E-state index in [1.807, 2.05) is 0 Å². The molecular formula is C4H9NO3. The van der Waals surface area contributed by atoms with Gasteiger partial charge in [-0.3, -0.25) is 0 Å². The summed E-state index contributed by atoms with van der Waals surface area (Å²) in [5, 5.41) is 0. The highest BCUT2D eigenvalue weighted by Crippen LogP contribution is 1.95. The minimum atomic E-state index is -0.536. The number of ether oxygens (including phenoxy) is 2. The van der Waals surface area contributed by atoms with Crippen LogP contribution in [0.3, 0.4) is 0 Å². The molecule has 3 N–H and O–H groups in total. The predicted octanol–water partition coefficient (Wildman–Crippen LogP) is 0.705. The molecule has 4 nitrogen and oxygen atoms in total. The molecular weight excluding hydrogens is 110 g/mol. The Morgan fingerprint density at radius 1 is 1.25 bits per heavy atom. The third-order valence-corrected chi connectivity index (χ3v) is 0.729. The van der Waals surface area contributed by atoms with E-state index in [1.54, 1.807) is 0 Å². The topological polar surface area (TPSA) is 70.5 Å². The van der Waals surface area contributed by atoms with E-state index in [0.29, 0.717) is 13.2 Å². The maximum absolute atomic E-state index is 10.0. The maximum atomic E-state index is 10.0. The van der Waals surface area contributed by atoms with Crippen LogP contribution in [0.4, 0.5) is 4.79 Å². The zero-order chi connectivity index (χ0) is 5.11. The molecule has 1 saturated heterocycles. The Bertz CT molecular complexity index is 75.4. The molecule has 1 rings (SSSR count). The number of hydrogen-bond donors (Lipinski definition) is 1. The van der Waals surface area contributed by atoms with Crippen molar-refractivity contribution in [3.05, 3.63) is 0 Å². The van der Waals surface area contributed by atoms with E-state index in [4.69, 9.17) is 0 Å². The van der Waals surface area contributed by atoms with Gasteiger partial charge in [-0.05, 0) is 0 Å². The molecule has 0 amide bonds. The number of carbonyl (C=O) groups excluding carboxylic acids is 1. The first-order valence-corrected chi connectivity index (χ1v) is 2.19. The lowest BCUT2D eigenvalue weighted by Crippen LogP contribution is -2.16. The molecule has 0 radical (unpaired) electrons. The lowest BCUT2D eigenvalue weighted by molar-refractivity contribution is 0.0192. The summed E-state index contributed by atoms with van der Waals surface area (Å²) in [7, 11) is 0. The number of hydrogen-bond acceptors (Lipinski definition) is 4. The van der Waals surface area contributed by atoms with Gasteiger partial charge in [-0.25, -0.2) is 4.79 Å². The van der Waals surface area contributed by atoms with Gasteiger partial charge in [0.05, 0.1) is 13.2 Å². The minimum absolute atomic E-state index is 0. The molecule has 0 aromatic rings. The highest BCUT2D eigenvalue weighted by atomic mass is 16.7. The van der Waals surface area contributed by atoms with Gasteiger partial charge in [0.2, 0.25) is 0 Å². The van der Waals surface area contributed by atoms with Crippen molar-refractivity contribution < 1.29 is 14.3 Å². The minimum Gasteiger partial charge on any atom is -0.434 e. The Balaban J connectivity index is 0.000000490. The van der Waals surface area contributed by atoms with Gasteiger partial charge in [0.1, 0.15) is 0 Å². The van der Waals surface area contributed by atoms with Gasteiger partial charge in [0.25, 0.3) is 0 Å². The van der Waals surface area contributed by atoms with Crippen LogP contribution in [0.2, 0.25) is 0 Å². The summed E-state index contributed by atoms with van der Waals surface area (Å²) in [6.07, 6.45) is 0.289. The largest absolute Gasteiger partial charge is 0.508 e. The van der Waals surface area contributed by atoms with Crippen LogP contribution in [0, 0.1) is 0 Å². The molecule has 1 aliphatic heterocycles. The third-order valence-electron chi connectivity index (χ3n) is 0.729. The molecule has 0 aliphatic carbocycles. The second-order valence-electron chi connectivity index (χ2n) is 1.30. The Morgan fingerprint density at radius 2 is 1.75 bits per heavy atom. The van der Waals surface area contributed by atoms with Crippen molar-refractivity contribution in [3.63, 3.8) is 0 Å². The normalized spacial score (nSPS) is 17.8. The third kappa shape index (κ3) is 1.79. The molecule has 0 aromatic heterocycles. The number of cyclic esters (lactones) is 2. The molecule has 0 atom stereocenters. The van der Waals surface area contributed by atoms with Crippen LogP contribution >= 0.6 is 0 Å². The highest BCUT2D eigenvalue weighted by Gasteiger charge is 2.07. The van der Waals surface area contributed by atoms with E-state index in [9.17, 15) is 4.79 Å². The Labute approximate surface area is 47.4 Å². The van der Waals surface area contributed by atoms with Crippen molar-refractivity contribution in [2.45, 2.75) is 6.42 Å². The molecule has 0 saturated carbocycles. The molecule has 0 unspecified atom stereocenters. The lowest BCUT2D eigenvalue weighted by atomic mass is 10.5. The molecule has 4 heteroatoms. The van der Waals surface area contributed by atoms with Gasteiger partial charge in [0.15, 0.2) is 0 Å². The van der Waals surface area contributed by atoms with E-state index in [-0.39, 0.29) is 6.15 Å². The smallest absolute Gasteiger partial charge is 0.434 e. The second-order valence-corrected chi connectivity index (χ2v) is 1.30. The first kappa shape index (κ1) is 7.23.